The van der Waals surface area contributed by atoms with Crippen LogP contribution in [0.4, 0.5) is 0 Å². The minimum absolute atomic E-state index is 0.241. The number of nitrogens with one attached hydrogen (secondary N) is 1. The standard InChI is InChI=1S/C79H149NO18/c1-3-5-7-9-11-13-15-17-19-21-23-25-27-29-31-32-34-36-38-40-42-44-46-48-50-52-54-56-63(84)62(80-67(85)57-55-53-51-49-47-45-43-41-39-37-35-33-30-28-26-24-22-20-18-16-14-12-10-8-6-4-2)61-93-77-73(91)70(88)75(65(59-82)95-77)98-79-74(92)71(89)76(66(60-83)96-79)97-78-72(90)69(87)68(86)64(58-81)94-78/h46,48,54,56,62-66,68-79,81-84,86-92H,3-45,47,49-53,55,57-61H2,1-2H3,(H,80,85)/b48-46+,56-54+. The molecule has 0 spiro atoms. The summed E-state index contributed by atoms with van der Waals surface area (Å²) in [4.78, 5) is 13.5. The topological polar surface area (TPSA) is 307 Å². The zero-order chi connectivity index (χ0) is 71.1. The average Bonchev–Trinajstić information content (AvgIpc) is 0.784. The van der Waals surface area contributed by atoms with Crippen molar-refractivity contribution >= 4 is 5.91 Å². The highest BCUT2D eigenvalue weighted by atomic mass is 16.8. The first kappa shape index (κ1) is 90.5. The molecule has 578 valence electrons. The molecular formula is C79H149NO18. The molecule has 17 atom stereocenters. The first-order valence-electron chi connectivity index (χ1n) is 40.6. The maximum absolute atomic E-state index is 13.5. The van der Waals surface area contributed by atoms with Gasteiger partial charge in [0, 0.05) is 6.42 Å². The molecule has 0 bridgehead atoms. The number of ether oxygens (including phenoxy) is 6. The molecule has 98 heavy (non-hydrogen) atoms. The number of allylic oxidation sites excluding steroid dienone is 3. The fourth-order valence-corrected chi connectivity index (χ4v) is 14.0. The predicted molar refractivity (Wildman–Crippen MR) is 388 cm³/mol. The minimum atomic E-state index is -1.98. The summed E-state index contributed by atoms with van der Waals surface area (Å²) in [5.41, 5.74) is 0. The molecule has 12 N–H and O–H groups in total. The lowest BCUT2D eigenvalue weighted by molar-refractivity contribution is -0.379. The molecule has 0 saturated carbocycles. The van der Waals surface area contributed by atoms with E-state index in [9.17, 15) is 61.0 Å². The van der Waals surface area contributed by atoms with Crippen LogP contribution < -0.4 is 5.32 Å². The highest BCUT2D eigenvalue weighted by Crippen LogP contribution is 2.33. The summed E-state index contributed by atoms with van der Waals surface area (Å²) < 4.78 is 34.4. The molecule has 3 fully saturated rings. The lowest BCUT2D eigenvalue weighted by Crippen LogP contribution is -2.66. The Morgan fingerprint density at radius 2 is 0.653 bits per heavy atom. The van der Waals surface area contributed by atoms with Crippen molar-refractivity contribution in [2.45, 2.75) is 446 Å². The summed E-state index contributed by atoms with van der Waals surface area (Å²) in [6.45, 7) is 1.78. The van der Waals surface area contributed by atoms with E-state index in [2.05, 4.69) is 31.3 Å². The Kier molecular flexibility index (Phi) is 55.9. The first-order valence-corrected chi connectivity index (χ1v) is 40.6. The number of carbonyl (C=O) groups is 1. The van der Waals surface area contributed by atoms with Gasteiger partial charge in [-0.1, -0.05) is 327 Å². The summed E-state index contributed by atoms with van der Waals surface area (Å²) in [7, 11) is 0. The number of hydrogen-bond acceptors (Lipinski definition) is 18. The smallest absolute Gasteiger partial charge is 0.220 e. The summed E-state index contributed by atoms with van der Waals surface area (Å²) >= 11 is 0. The lowest BCUT2D eigenvalue weighted by atomic mass is 9.96. The van der Waals surface area contributed by atoms with Gasteiger partial charge in [-0.15, -0.1) is 0 Å². The Balaban J connectivity index is 1.39. The van der Waals surface area contributed by atoms with E-state index in [-0.39, 0.29) is 18.9 Å². The van der Waals surface area contributed by atoms with Crippen LogP contribution in [0.1, 0.15) is 341 Å². The predicted octanol–water partition coefficient (Wildman–Crippen LogP) is 13.3. The van der Waals surface area contributed by atoms with E-state index in [1.165, 1.54) is 270 Å². The number of unbranched alkanes of at least 4 members (excludes halogenated alkanes) is 47. The number of aliphatic hydroxyl groups is 11. The molecule has 0 radical (unpaired) electrons. The molecule has 3 aliphatic heterocycles. The van der Waals surface area contributed by atoms with Crippen LogP contribution in [0.2, 0.25) is 0 Å². The summed E-state index contributed by atoms with van der Waals surface area (Å²) in [5.74, 6) is -0.277. The average molecular weight is 1400 g/mol. The molecule has 0 aromatic carbocycles. The van der Waals surface area contributed by atoms with Gasteiger partial charge in [0.15, 0.2) is 18.9 Å². The van der Waals surface area contributed by atoms with Crippen LogP contribution >= 0.6 is 0 Å². The molecule has 3 heterocycles. The Labute approximate surface area is 594 Å². The molecular weight excluding hydrogens is 1250 g/mol. The van der Waals surface area contributed by atoms with Gasteiger partial charge in [-0.05, 0) is 32.1 Å². The van der Waals surface area contributed by atoms with Crippen LogP contribution in [0.25, 0.3) is 0 Å². The van der Waals surface area contributed by atoms with Gasteiger partial charge < -0.3 is 89.9 Å². The molecule has 0 aromatic heterocycles. The summed E-state index contributed by atoms with van der Waals surface area (Å²) in [5, 5.41) is 121. The van der Waals surface area contributed by atoms with Crippen molar-refractivity contribution in [1.29, 1.82) is 0 Å². The second-order valence-electron chi connectivity index (χ2n) is 29.2. The van der Waals surface area contributed by atoms with E-state index in [4.69, 9.17) is 28.4 Å². The number of carbonyl (C=O) groups excluding carboxylic acids is 1. The second kappa shape index (κ2) is 60.5. The van der Waals surface area contributed by atoms with Gasteiger partial charge in [-0.3, -0.25) is 4.79 Å². The van der Waals surface area contributed by atoms with Crippen LogP contribution in [0, 0.1) is 0 Å². The fraction of sp³-hybridized carbons (Fsp3) is 0.937. The number of hydrogen-bond donors (Lipinski definition) is 12. The van der Waals surface area contributed by atoms with Crippen molar-refractivity contribution in [3.63, 3.8) is 0 Å². The van der Waals surface area contributed by atoms with E-state index < -0.39 is 124 Å². The highest BCUT2D eigenvalue weighted by Gasteiger charge is 2.54. The number of rotatable bonds is 65. The molecule has 3 rings (SSSR count). The van der Waals surface area contributed by atoms with Gasteiger partial charge in [0.25, 0.3) is 0 Å². The van der Waals surface area contributed by atoms with E-state index in [0.717, 1.165) is 38.5 Å². The lowest BCUT2D eigenvalue weighted by Gasteiger charge is -2.48. The molecule has 0 aliphatic carbocycles. The van der Waals surface area contributed by atoms with E-state index in [0.29, 0.717) is 12.8 Å². The molecule has 19 nitrogen and oxygen atoms in total. The van der Waals surface area contributed by atoms with Crippen molar-refractivity contribution in [2.75, 3.05) is 26.4 Å². The monoisotopic (exact) mass is 1400 g/mol. The van der Waals surface area contributed by atoms with Crippen molar-refractivity contribution in [3.8, 4) is 0 Å². The normalized spacial score (nSPS) is 26.8. The van der Waals surface area contributed by atoms with Gasteiger partial charge in [-0.2, -0.15) is 0 Å². The summed E-state index contributed by atoms with van der Waals surface area (Å²) in [6.07, 6.45) is 46.0. The Morgan fingerprint density at radius 1 is 0.357 bits per heavy atom. The Hall–Kier alpha value is -1.73. The third-order valence-electron chi connectivity index (χ3n) is 20.5. The molecule has 3 saturated heterocycles. The van der Waals surface area contributed by atoms with Crippen molar-refractivity contribution in [2.24, 2.45) is 0 Å². The first-order chi connectivity index (χ1) is 47.8. The van der Waals surface area contributed by atoms with Crippen LogP contribution in [-0.2, 0) is 33.2 Å². The van der Waals surface area contributed by atoms with Crippen molar-refractivity contribution < 1.29 is 89.4 Å². The van der Waals surface area contributed by atoms with Crippen molar-refractivity contribution in [3.05, 3.63) is 24.3 Å². The van der Waals surface area contributed by atoms with Crippen molar-refractivity contribution in [1.82, 2.24) is 5.32 Å². The second-order valence-corrected chi connectivity index (χ2v) is 29.2. The van der Waals surface area contributed by atoms with Gasteiger partial charge >= 0.3 is 0 Å². The molecule has 1 amide bonds. The maximum atomic E-state index is 13.5. The van der Waals surface area contributed by atoms with E-state index in [1.807, 2.05) is 6.08 Å². The Morgan fingerprint density at radius 3 is 1.02 bits per heavy atom. The molecule has 19 heteroatoms. The van der Waals surface area contributed by atoms with Crippen LogP contribution in [-0.4, -0.2) is 193 Å². The largest absolute Gasteiger partial charge is 0.394 e. The SMILES string of the molecule is CCCCCCCCCCCCCCCCCCCCCCC/C=C/CC/C=C/C(O)C(COC1OC(CO)C(OC2OC(CO)C(OC3OC(CO)C(O)C(O)C3O)C(O)C2O)C(O)C1O)NC(=O)CCCCCCCCCCCCCCCCCCCCCCCCCCCC. The van der Waals surface area contributed by atoms with Gasteiger partial charge in [0.1, 0.15) is 73.2 Å². The number of aliphatic hydroxyl groups excluding tert-OH is 11. The zero-order valence-electron chi connectivity index (χ0n) is 61.8. The third kappa shape index (κ3) is 40.5. The van der Waals surface area contributed by atoms with Gasteiger partial charge in [0.05, 0.1) is 38.6 Å². The van der Waals surface area contributed by atoms with Gasteiger partial charge in [-0.25, -0.2) is 0 Å². The van der Waals surface area contributed by atoms with Crippen LogP contribution in [0.3, 0.4) is 0 Å². The molecule has 3 aliphatic rings. The fourth-order valence-electron chi connectivity index (χ4n) is 14.0. The quantitative estimate of drug-likeness (QED) is 0.0199. The Bertz CT molecular complexity index is 1870. The highest BCUT2D eigenvalue weighted by molar-refractivity contribution is 5.76. The third-order valence-corrected chi connectivity index (χ3v) is 20.5. The molecule has 17 unspecified atom stereocenters. The zero-order valence-corrected chi connectivity index (χ0v) is 61.8. The van der Waals surface area contributed by atoms with Crippen LogP contribution in [0.5, 0.6) is 0 Å². The molecule has 0 aromatic rings. The minimum Gasteiger partial charge on any atom is -0.394 e. The van der Waals surface area contributed by atoms with Gasteiger partial charge in [0.2, 0.25) is 5.91 Å². The van der Waals surface area contributed by atoms with E-state index >= 15 is 0 Å². The number of amides is 1. The maximum Gasteiger partial charge on any atom is 0.220 e. The summed E-state index contributed by atoms with van der Waals surface area (Å²) in [6, 6.07) is -0.988. The van der Waals surface area contributed by atoms with E-state index in [1.54, 1.807) is 6.08 Å². The van der Waals surface area contributed by atoms with Crippen LogP contribution in [0.15, 0.2) is 24.3 Å².